The van der Waals surface area contributed by atoms with Crippen LogP contribution in [0.3, 0.4) is 0 Å². The first-order valence-corrected chi connectivity index (χ1v) is 0.732. The van der Waals surface area contributed by atoms with Crippen LogP contribution < -0.4 is 0 Å². The summed E-state index contributed by atoms with van der Waals surface area (Å²) in [6.07, 6.45) is -1.83. The van der Waals surface area contributed by atoms with E-state index in [4.69, 9.17) is 0 Å². The Hall–Kier alpha value is 0.330. The summed E-state index contributed by atoms with van der Waals surface area (Å²) in [5.74, 6) is 0. The molecule has 0 saturated heterocycles. The zero-order chi connectivity index (χ0) is 3.58. The molecule has 0 aliphatic rings. The Balaban J connectivity index is 0. The molecule has 0 fully saturated rings. The number of hydrogen-bond acceptors (Lipinski definition) is 0. The van der Waals surface area contributed by atoms with Crippen molar-refractivity contribution in [3.63, 3.8) is 0 Å². The van der Waals surface area contributed by atoms with Gasteiger partial charge in [-0.1, -0.05) is 0 Å². The maximum Gasteiger partial charge on any atom is 0.263 e. The van der Waals surface area contributed by atoms with Gasteiger partial charge in [-0.25, -0.2) is 0 Å². The Morgan fingerprint density at radius 1 is 1.40 bits per heavy atom. The number of rotatable bonds is 0. The van der Waals surface area contributed by atoms with Gasteiger partial charge in [-0.05, 0) is 6.58 Å². The van der Waals surface area contributed by atoms with E-state index in [1.54, 1.807) is 0 Å². The standard InChI is InChI=1S/C2H2F2.HI/c1-2(3)4;/h1H2;1H. The van der Waals surface area contributed by atoms with Crippen LogP contribution >= 0.6 is 24.0 Å². The largest absolute Gasteiger partial charge is 0.263 e. The quantitative estimate of drug-likeness (QED) is 0.515. The van der Waals surface area contributed by atoms with E-state index in [0.717, 1.165) is 0 Å². The summed E-state index contributed by atoms with van der Waals surface area (Å²) in [7, 11) is 0. The molecule has 0 N–H and O–H groups in total. The molecule has 0 aliphatic carbocycles. The highest BCUT2D eigenvalue weighted by atomic mass is 127. The van der Waals surface area contributed by atoms with Crippen LogP contribution in [0, 0.1) is 0 Å². The van der Waals surface area contributed by atoms with E-state index >= 15 is 0 Å². The van der Waals surface area contributed by atoms with Crippen molar-refractivity contribution < 1.29 is 8.78 Å². The first-order chi connectivity index (χ1) is 1.73. The van der Waals surface area contributed by atoms with Crippen LogP contribution in [0.15, 0.2) is 12.7 Å². The molecule has 5 heavy (non-hydrogen) atoms. The average molecular weight is 192 g/mol. The lowest BCUT2D eigenvalue weighted by Gasteiger charge is -1.54. The topological polar surface area (TPSA) is 0 Å². The third kappa shape index (κ3) is 216. The molecule has 0 heterocycles. The van der Waals surface area contributed by atoms with Crippen LogP contribution in [0.4, 0.5) is 8.78 Å². The van der Waals surface area contributed by atoms with Crippen LogP contribution in [0.5, 0.6) is 0 Å². The fourth-order valence-electron chi connectivity index (χ4n) is 0. The highest BCUT2D eigenvalue weighted by molar-refractivity contribution is 14.0. The molecule has 0 aromatic heterocycles. The summed E-state index contributed by atoms with van der Waals surface area (Å²) in [6, 6.07) is 0. The molecule has 0 rings (SSSR count). The van der Waals surface area contributed by atoms with Crippen molar-refractivity contribution in [1.82, 2.24) is 0 Å². The minimum absolute atomic E-state index is 0. The van der Waals surface area contributed by atoms with Crippen molar-refractivity contribution in [1.29, 1.82) is 0 Å². The first-order valence-electron chi connectivity index (χ1n) is 0.732. The lowest BCUT2D eigenvalue weighted by molar-refractivity contribution is 0.426. The molecular weight excluding hydrogens is 189 g/mol. The van der Waals surface area contributed by atoms with Gasteiger partial charge in [-0.2, -0.15) is 8.78 Å². The zero-order valence-corrected chi connectivity index (χ0v) is 4.70. The van der Waals surface area contributed by atoms with Crippen molar-refractivity contribution in [2.45, 2.75) is 0 Å². The van der Waals surface area contributed by atoms with Gasteiger partial charge in [0.05, 0.1) is 0 Å². The van der Waals surface area contributed by atoms with Crippen LogP contribution in [-0.4, -0.2) is 0 Å². The van der Waals surface area contributed by atoms with E-state index < -0.39 is 6.08 Å². The summed E-state index contributed by atoms with van der Waals surface area (Å²) >= 11 is 0. The molecule has 0 saturated carbocycles. The van der Waals surface area contributed by atoms with Crippen molar-refractivity contribution in [3.8, 4) is 0 Å². The van der Waals surface area contributed by atoms with Gasteiger partial charge in [0, 0.05) is 0 Å². The Labute approximate surface area is 45.9 Å². The molecule has 3 heteroatoms. The van der Waals surface area contributed by atoms with Crippen LogP contribution in [0.2, 0.25) is 0 Å². The molecule has 0 spiro atoms. The van der Waals surface area contributed by atoms with Crippen LogP contribution in [-0.2, 0) is 0 Å². The molecule has 0 nitrogen and oxygen atoms in total. The number of halogens is 3. The Bertz CT molecular complexity index is 30.6. The van der Waals surface area contributed by atoms with Gasteiger partial charge < -0.3 is 0 Å². The number of hydrogen-bond donors (Lipinski definition) is 0. The molecule has 0 aromatic carbocycles. The molecular formula is C2H3F2I. The van der Waals surface area contributed by atoms with Gasteiger partial charge in [-0.3, -0.25) is 0 Å². The fraction of sp³-hybridized carbons (Fsp3) is 0. The van der Waals surface area contributed by atoms with Gasteiger partial charge in [0.2, 0.25) is 0 Å². The van der Waals surface area contributed by atoms with E-state index in [1.807, 2.05) is 0 Å². The summed E-state index contributed by atoms with van der Waals surface area (Å²) in [4.78, 5) is 0. The summed E-state index contributed by atoms with van der Waals surface area (Å²) in [5, 5.41) is 0. The Morgan fingerprint density at radius 2 is 1.40 bits per heavy atom. The van der Waals surface area contributed by atoms with Crippen LogP contribution in [0.25, 0.3) is 0 Å². The lowest BCUT2D eigenvalue weighted by atomic mass is 11.2. The minimum Gasteiger partial charge on any atom is -0.174 e. The second-order valence-corrected chi connectivity index (χ2v) is 0.339. The predicted octanol–water partition coefficient (Wildman–Crippen LogP) is 2.01. The summed E-state index contributed by atoms with van der Waals surface area (Å²) in [5.41, 5.74) is 0. The maximum atomic E-state index is 10.1. The highest BCUT2D eigenvalue weighted by Crippen LogP contribution is 1.85. The monoisotopic (exact) mass is 192 g/mol. The molecule has 0 aliphatic heterocycles. The van der Waals surface area contributed by atoms with Crippen molar-refractivity contribution >= 4 is 24.0 Å². The van der Waals surface area contributed by atoms with Crippen LogP contribution in [0.1, 0.15) is 0 Å². The second kappa shape index (κ2) is 4.33. The van der Waals surface area contributed by atoms with Gasteiger partial charge in [0.25, 0.3) is 6.08 Å². The van der Waals surface area contributed by atoms with E-state index in [1.165, 1.54) is 0 Å². The lowest BCUT2D eigenvalue weighted by Crippen LogP contribution is -1.33. The maximum absolute atomic E-state index is 10.1. The van der Waals surface area contributed by atoms with Gasteiger partial charge in [0.1, 0.15) is 0 Å². The Kier molecular flexibility index (Phi) is 7.80. The van der Waals surface area contributed by atoms with Crippen molar-refractivity contribution in [2.24, 2.45) is 0 Å². The smallest absolute Gasteiger partial charge is 0.174 e. The van der Waals surface area contributed by atoms with E-state index in [0.29, 0.717) is 0 Å². The van der Waals surface area contributed by atoms with Gasteiger partial charge >= 0.3 is 0 Å². The van der Waals surface area contributed by atoms with Crippen molar-refractivity contribution in [3.05, 3.63) is 12.7 Å². The zero-order valence-electron chi connectivity index (χ0n) is 2.37. The molecule has 0 atom stereocenters. The molecule has 0 aromatic rings. The fourth-order valence-corrected chi connectivity index (χ4v) is 0. The second-order valence-electron chi connectivity index (χ2n) is 0.339. The SMILES string of the molecule is C=C(F)F.I. The molecule has 0 amide bonds. The molecule has 0 unspecified atom stereocenters. The summed E-state index contributed by atoms with van der Waals surface area (Å²) in [6.45, 7) is 2.22. The average Bonchev–Trinajstić information content (AvgIpc) is 0.811. The van der Waals surface area contributed by atoms with Gasteiger partial charge in [-0.15, -0.1) is 24.0 Å². The normalized spacial score (nSPS) is 5.20. The third-order valence-corrected chi connectivity index (χ3v) is 0. The van der Waals surface area contributed by atoms with E-state index in [-0.39, 0.29) is 24.0 Å². The highest BCUT2D eigenvalue weighted by Gasteiger charge is 1.65. The van der Waals surface area contributed by atoms with E-state index in [2.05, 4.69) is 6.58 Å². The van der Waals surface area contributed by atoms with E-state index in [9.17, 15) is 8.78 Å². The molecule has 32 valence electrons. The van der Waals surface area contributed by atoms with Crippen molar-refractivity contribution in [2.75, 3.05) is 0 Å². The first kappa shape index (κ1) is 9.01. The predicted molar refractivity (Wildman–Crippen MR) is 26.8 cm³/mol. The van der Waals surface area contributed by atoms with Gasteiger partial charge in [0.15, 0.2) is 0 Å². The Morgan fingerprint density at radius 3 is 1.40 bits per heavy atom. The third-order valence-electron chi connectivity index (χ3n) is 0. The molecule has 0 bridgehead atoms. The summed E-state index contributed by atoms with van der Waals surface area (Å²) < 4.78 is 20.3. The molecule has 0 radical (unpaired) electrons. The minimum atomic E-state index is -1.83.